The van der Waals surface area contributed by atoms with Crippen molar-refractivity contribution in [2.45, 2.75) is 20.3 Å². The Morgan fingerprint density at radius 1 is 1.15 bits per heavy atom. The fourth-order valence-electron chi connectivity index (χ4n) is 2.41. The summed E-state index contributed by atoms with van der Waals surface area (Å²) in [5, 5.41) is 16.8. The summed E-state index contributed by atoms with van der Waals surface area (Å²) in [7, 11) is 0. The van der Waals surface area contributed by atoms with Crippen LogP contribution in [0.3, 0.4) is 0 Å². The van der Waals surface area contributed by atoms with Gasteiger partial charge in [-0.1, -0.05) is 24.6 Å². The number of carbonyl (C=O) groups is 2. The summed E-state index contributed by atoms with van der Waals surface area (Å²) in [5.74, 6) is -0.896. The van der Waals surface area contributed by atoms with E-state index in [9.17, 15) is 19.7 Å². The Morgan fingerprint density at radius 3 is 2.54 bits per heavy atom. The minimum absolute atomic E-state index is 0.148. The Hall–Kier alpha value is -2.93. The van der Waals surface area contributed by atoms with Crippen LogP contribution in [0.2, 0.25) is 5.02 Å². The molecule has 0 spiro atoms. The van der Waals surface area contributed by atoms with Gasteiger partial charge in [-0.05, 0) is 37.6 Å². The fourth-order valence-corrected chi connectivity index (χ4v) is 2.58. The first kappa shape index (κ1) is 19.4. The molecule has 2 amide bonds. The molecule has 7 nitrogen and oxygen atoms in total. The van der Waals surface area contributed by atoms with E-state index in [2.05, 4.69) is 10.6 Å². The van der Waals surface area contributed by atoms with Crippen LogP contribution in [-0.4, -0.2) is 23.3 Å². The van der Waals surface area contributed by atoms with E-state index in [1.165, 1.54) is 37.3 Å². The Balaban J connectivity index is 2.35. The quantitative estimate of drug-likeness (QED) is 0.589. The van der Waals surface area contributed by atoms with Crippen molar-refractivity contribution in [1.82, 2.24) is 5.32 Å². The molecule has 0 aliphatic heterocycles. The largest absolute Gasteiger partial charge is 0.352 e. The molecule has 8 heteroatoms. The van der Waals surface area contributed by atoms with Crippen LogP contribution in [0.5, 0.6) is 0 Å². The smallest absolute Gasteiger partial charge is 0.273 e. The third-order valence-corrected chi connectivity index (χ3v) is 3.99. The number of rotatable bonds is 6. The first-order valence-electron chi connectivity index (χ1n) is 7.98. The Bertz CT molecular complexity index is 868. The highest BCUT2D eigenvalue weighted by atomic mass is 35.5. The van der Waals surface area contributed by atoms with Crippen LogP contribution in [0.4, 0.5) is 11.4 Å². The van der Waals surface area contributed by atoms with Crippen molar-refractivity contribution in [3.05, 3.63) is 68.2 Å². The topological polar surface area (TPSA) is 101 Å². The molecule has 0 fully saturated rings. The number of amides is 2. The van der Waals surface area contributed by atoms with Crippen molar-refractivity contribution in [2.24, 2.45) is 0 Å². The fraction of sp³-hybridized carbons (Fsp3) is 0.222. The lowest BCUT2D eigenvalue weighted by atomic mass is 10.1. The number of nitro groups is 1. The summed E-state index contributed by atoms with van der Waals surface area (Å²) in [5.41, 5.74) is 0.749. The predicted molar refractivity (Wildman–Crippen MR) is 99.9 cm³/mol. The standard InChI is InChI=1S/C18H18ClN3O4/c1-3-9-20-17(23)14-8-7-12(19)10-15(14)21-18(24)13-5-4-6-16(11(13)2)22(25)26/h4-8,10H,3,9H2,1-2H3,(H,20,23)(H,21,24). The van der Waals surface area contributed by atoms with Crippen molar-refractivity contribution in [3.63, 3.8) is 0 Å². The zero-order chi connectivity index (χ0) is 19.3. The summed E-state index contributed by atoms with van der Waals surface area (Å²) in [6.45, 7) is 3.93. The molecule has 0 atom stereocenters. The molecule has 0 aromatic heterocycles. The van der Waals surface area contributed by atoms with Gasteiger partial charge in [-0.3, -0.25) is 19.7 Å². The maximum Gasteiger partial charge on any atom is 0.273 e. The summed E-state index contributed by atoms with van der Waals surface area (Å²) in [6.07, 6.45) is 0.772. The SMILES string of the molecule is CCCNC(=O)c1ccc(Cl)cc1NC(=O)c1cccc([N+](=O)[O-])c1C. The lowest BCUT2D eigenvalue weighted by Crippen LogP contribution is -2.26. The van der Waals surface area contributed by atoms with Crippen LogP contribution in [0.25, 0.3) is 0 Å². The summed E-state index contributed by atoms with van der Waals surface area (Å²) in [6, 6.07) is 8.79. The molecule has 2 N–H and O–H groups in total. The number of nitro benzene ring substituents is 1. The van der Waals surface area contributed by atoms with Crippen molar-refractivity contribution < 1.29 is 14.5 Å². The third-order valence-electron chi connectivity index (χ3n) is 3.76. The van der Waals surface area contributed by atoms with Gasteiger partial charge in [0, 0.05) is 28.8 Å². The number of nitrogens with one attached hydrogen (secondary N) is 2. The number of nitrogens with zero attached hydrogens (tertiary/aromatic N) is 1. The molecule has 136 valence electrons. The number of halogens is 1. The van der Waals surface area contributed by atoms with Crippen LogP contribution in [0.15, 0.2) is 36.4 Å². The van der Waals surface area contributed by atoms with Crippen molar-refractivity contribution in [2.75, 3.05) is 11.9 Å². The molecule has 0 heterocycles. The highest BCUT2D eigenvalue weighted by Crippen LogP contribution is 2.25. The van der Waals surface area contributed by atoms with Gasteiger partial charge in [-0.25, -0.2) is 0 Å². The normalized spacial score (nSPS) is 10.3. The Morgan fingerprint density at radius 2 is 1.88 bits per heavy atom. The minimum Gasteiger partial charge on any atom is -0.352 e. The van der Waals surface area contributed by atoms with Gasteiger partial charge in [0.1, 0.15) is 0 Å². The zero-order valence-electron chi connectivity index (χ0n) is 14.3. The first-order chi connectivity index (χ1) is 12.3. The molecule has 0 radical (unpaired) electrons. The van der Waals surface area contributed by atoms with E-state index in [-0.39, 0.29) is 34.0 Å². The average Bonchev–Trinajstić information content (AvgIpc) is 2.59. The van der Waals surface area contributed by atoms with Gasteiger partial charge in [0.15, 0.2) is 0 Å². The molecule has 0 aliphatic carbocycles. The van der Waals surface area contributed by atoms with E-state index in [4.69, 9.17) is 11.6 Å². The van der Waals surface area contributed by atoms with E-state index < -0.39 is 10.8 Å². The second kappa shape index (κ2) is 8.44. The molecule has 0 saturated carbocycles. The van der Waals surface area contributed by atoms with Gasteiger partial charge >= 0.3 is 0 Å². The summed E-state index contributed by atoms with van der Waals surface area (Å²) in [4.78, 5) is 35.4. The second-order valence-corrected chi connectivity index (χ2v) is 6.04. The molecule has 26 heavy (non-hydrogen) atoms. The molecule has 0 bridgehead atoms. The first-order valence-corrected chi connectivity index (χ1v) is 8.36. The van der Waals surface area contributed by atoms with Crippen molar-refractivity contribution in [1.29, 1.82) is 0 Å². The van der Waals surface area contributed by atoms with Crippen LogP contribution in [-0.2, 0) is 0 Å². The number of hydrogen-bond donors (Lipinski definition) is 2. The van der Waals surface area contributed by atoms with Gasteiger partial charge in [0.2, 0.25) is 0 Å². The molecular formula is C18H18ClN3O4. The molecule has 2 aromatic carbocycles. The van der Waals surface area contributed by atoms with Crippen molar-refractivity contribution >= 4 is 34.8 Å². The maximum atomic E-state index is 12.6. The molecular weight excluding hydrogens is 358 g/mol. The highest BCUT2D eigenvalue weighted by molar-refractivity contribution is 6.31. The minimum atomic E-state index is -0.557. The molecule has 2 rings (SSSR count). The molecule has 0 aliphatic rings. The van der Waals surface area contributed by atoms with E-state index in [0.29, 0.717) is 11.6 Å². The van der Waals surface area contributed by atoms with Gasteiger partial charge in [0.25, 0.3) is 17.5 Å². The zero-order valence-corrected chi connectivity index (χ0v) is 15.1. The van der Waals surface area contributed by atoms with Crippen LogP contribution in [0, 0.1) is 17.0 Å². The highest BCUT2D eigenvalue weighted by Gasteiger charge is 2.20. The van der Waals surface area contributed by atoms with Crippen LogP contribution < -0.4 is 10.6 Å². The number of carbonyl (C=O) groups excluding carboxylic acids is 2. The number of anilines is 1. The maximum absolute atomic E-state index is 12.6. The molecule has 0 saturated heterocycles. The lowest BCUT2D eigenvalue weighted by Gasteiger charge is -2.13. The monoisotopic (exact) mass is 375 g/mol. The van der Waals surface area contributed by atoms with E-state index in [1.807, 2.05) is 6.92 Å². The lowest BCUT2D eigenvalue weighted by molar-refractivity contribution is -0.385. The van der Waals surface area contributed by atoms with Gasteiger partial charge in [0.05, 0.1) is 16.2 Å². The van der Waals surface area contributed by atoms with Gasteiger partial charge < -0.3 is 10.6 Å². The molecule has 0 unspecified atom stereocenters. The summed E-state index contributed by atoms with van der Waals surface area (Å²) >= 11 is 5.98. The van der Waals surface area contributed by atoms with Gasteiger partial charge in [-0.2, -0.15) is 0 Å². The summed E-state index contributed by atoms with van der Waals surface area (Å²) < 4.78 is 0. The van der Waals surface area contributed by atoms with Crippen LogP contribution in [0.1, 0.15) is 39.6 Å². The Kier molecular flexibility index (Phi) is 6.30. The second-order valence-electron chi connectivity index (χ2n) is 5.61. The number of hydrogen-bond acceptors (Lipinski definition) is 4. The van der Waals surface area contributed by atoms with E-state index in [1.54, 1.807) is 6.07 Å². The van der Waals surface area contributed by atoms with E-state index in [0.717, 1.165) is 6.42 Å². The molecule has 2 aromatic rings. The van der Waals surface area contributed by atoms with Gasteiger partial charge in [-0.15, -0.1) is 0 Å². The number of benzene rings is 2. The third kappa shape index (κ3) is 4.37. The van der Waals surface area contributed by atoms with E-state index >= 15 is 0 Å². The van der Waals surface area contributed by atoms with Crippen LogP contribution >= 0.6 is 11.6 Å². The predicted octanol–water partition coefficient (Wildman–Crippen LogP) is 3.95. The Labute approximate surface area is 155 Å². The van der Waals surface area contributed by atoms with Crippen molar-refractivity contribution in [3.8, 4) is 0 Å². The average molecular weight is 376 g/mol.